The number of hydrogen-bond acceptors (Lipinski definition) is 6. The van der Waals surface area contributed by atoms with Gasteiger partial charge in [0.05, 0.1) is 10.2 Å². The van der Waals surface area contributed by atoms with E-state index in [1.165, 1.54) is 6.26 Å². The Kier molecular flexibility index (Phi) is 5.99. The van der Waals surface area contributed by atoms with Gasteiger partial charge in [-0.05, 0) is 29.3 Å². The van der Waals surface area contributed by atoms with E-state index in [2.05, 4.69) is 43.5 Å². The number of nitrogens with one attached hydrogen (secondary N) is 2. The van der Waals surface area contributed by atoms with Crippen molar-refractivity contribution in [3.63, 3.8) is 0 Å². The molecule has 0 aliphatic rings. The predicted octanol–water partition coefficient (Wildman–Crippen LogP) is 1.91. The van der Waals surface area contributed by atoms with Crippen molar-refractivity contribution in [3.8, 4) is 0 Å². The molecule has 1 rings (SSSR count). The summed E-state index contributed by atoms with van der Waals surface area (Å²) in [6.45, 7) is 4.65. The summed E-state index contributed by atoms with van der Waals surface area (Å²) in [6, 6.07) is -0.222. The van der Waals surface area contributed by atoms with Crippen molar-refractivity contribution in [3.05, 3.63) is 10.7 Å². The molecular formula is C11H19BrN4O2S. The molecule has 0 fully saturated rings. The van der Waals surface area contributed by atoms with Crippen molar-refractivity contribution in [2.24, 2.45) is 0 Å². The summed E-state index contributed by atoms with van der Waals surface area (Å²) in [7, 11) is -3.02. The highest BCUT2D eigenvalue weighted by Crippen LogP contribution is 2.21. The Balaban J connectivity index is 2.76. The molecule has 0 aromatic carbocycles. The van der Waals surface area contributed by atoms with Gasteiger partial charge in [-0.2, -0.15) is 4.98 Å². The van der Waals surface area contributed by atoms with Crippen LogP contribution in [0, 0.1) is 0 Å². The molecule has 19 heavy (non-hydrogen) atoms. The summed E-state index contributed by atoms with van der Waals surface area (Å²) in [4.78, 5) is 8.44. The van der Waals surface area contributed by atoms with Crippen molar-refractivity contribution in [1.82, 2.24) is 9.97 Å². The number of sulfone groups is 1. The first kappa shape index (κ1) is 16.2. The quantitative estimate of drug-likeness (QED) is 0.781. The normalized spacial score (nSPS) is 13.1. The smallest absolute Gasteiger partial charge is 0.224 e. The Morgan fingerprint density at radius 3 is 2.74 bits per heavy atom. The minimum Gasteiger partial charge on any atom is -0.365 e. The average Bonchev–Trinajstić information content (AvgIpc) is 2.27. The van der Waals surface area contributed by atoms with E-state index in [4.69, 9.17) is 0 Å². The van der Waals surface area contributed by atoms with E-state index in [0.717, 1.165) is 13.0 Å². The minimum absolute atomic E-state index is 0.0567. The van der Waals surface area contributed by atoms with E-state index >= 15 is 0 Å². The molecule has 0 radical (unpaired) electrons. The summed E-state index contributed by atoms with van der Waals surface area (Å²) >= 11 is 3.34. The zero-order valence-corrected chi connectivity index (χ0v) is 13.7. The van der Waals surface area contributed by atoms with E-state index < -0.39 is 9.84 Å². The molecule has 2 N–H and O–H groups in total. The van der Waals surface area contributed by atoms with Crippen LogP contribution < -0.4 is 10.6 Å². The average molecular weight is 351 g/mol. The minimum atomic E-state index is -3.02. The van der Waals surface area contributed by atoms with Gasteiger partial charge in [-0.1, -0.05) is 6.92 Å². The van der Waals surface area contributed by atoms with E-state index in [-0.39, 0.29) is 11.8 Å². The van der Waals surface area contributed by atoms with E-state index in [0.29, 0.717) is 16.2 Å². The van der Waals surface area contributed by atoms with Crippen LogP contribution in [0.15, 0.2) is 10.7 Å². The Labute approximate surface area is 122 Å². The van der Waals surface area contributed by atoms with E-state index in [1.807, 2.05) is 0 Å². The highest BCUT2D eigenvalue weighted by molar-refractivity contribution is 9.10. The molecule has 0 saturated heterocycles. The van der Waals surface area contributed by atoms with Crippen molar-refractivity contribution in [2.75, 3.05) is 29.2 Å². The maximum Gasteiger partial charge on any atom is 0.224 e. The molecular weight excluding hydrogens is 332 g/mol. The third-order valence-electron chi connectivity index (χ3n) is 2.21. The zero-order valence-electron chi connectivity index (χ0n) is 11.3. The second kappa shape index (κ2) is 7.04. The Morgan fingerprint density at radius 2 is 2.16 bits per heavy atom. The number of aromatic nitrogens is 2. The molecule has 1 aromatic heterocycles. The van der Waals surface area contributed by atoms with Gasteiger partial charge >= 0.3 is 0 Å². The molecule has 1 unspecified atom stereocenters. The lowest BCUT2D eigenvalue weighted by Crippen LogP contribution is -2.26. The largest absolute Gasteiger partial charge is 0.365 e. The van der Waals surface area contributed by atoms with Crippen LogP contribution in [0.2, 0.25) is 0 Å². The Hall–Kier alpha value is -0.890. The van der Waals surface area contributed by atoms with Gasteiger partial charge < -0.3 is 10.6 Å². The molecule has 1 aromatic rings. The van der Waals surface area contributed by atoms with Crippen molar-refractivity contribution in [2.45, 2.75) is 26.3 Å². The molecule has 0 saturated carbocycles. The van der Waals surface area contributed by atoms with Crippen LogP contribution >= 0.6 is 15.9 Å². The first-order chi connectivity index (χ1) is 8.81. The number of hydrogen-bond donors (Lipinski definition) is 2. The van der Waals surface area contributed by atoms with Crippen LogP contribution in [-0.2, 0) is 9.84 Å². The van der Waals surface area contributed by atoms with Gasteiger partial charge in [-0.15, -0.1) is 0 Å². The van der Waals surface area contributed by atoms with Gasteiger partial charge in [-0.3, -0.25) is 0 Å². The molecule has 0 aliphatic heterocycles. The lowest BCUT2D eigenvalue weighted by atomic mass is 10.4. The monoisotopic (exact) mass is 350 g/mol. The van der Waals surface area contributed by atoms with Gasteiger partial charge in [0.25, 0.3) is 0 Å². The summed E-state index contributed by atoms with van der Waals surface area (Å²) in [6.07, 6.45) is 3.83. The van der Waals surface area contributed by atoms with Gasteiger partial charge in [0, 0.05) is 25.0 Å². The number of rotatable bonds is 7. The Morgan fingerprint density at radius 1 is 1.47 bits per heavy atom. The number of halogens is 1. The molecule has 108 valence electrons. The SMILES string of the molecule is CCCNc1ncc(Br)c(NC(C)CS(C)(=O)=O)n1. The van der Waals surface area contributed by atoms with Crippen molar-refractivity contribution in [1.29, 1.82) is 0 Å². The number of anilines is 2. The fourth-order valence-corrected chi connectivity index (χ4v) is 2.82. The van der Waals surface area contributed by atoms with Crippen LogP contribution in [0.1, 0.15) is 20.3 Å². The van der Waals surface area contributed by atoms with Gasteiger partial charge in [-0.25, -0.2) is 13.4 Å². The first-order valence-corrected chi connectivity index (χ1v) is 8.88. The van der Waals surface area contributed by atoms with Crippen LogP contribution in [-0.4, -0.2) is 43.0 Å². The second-order valence-electron chi connectivity index (χ2n) is 4.45. The van der Waals surface area contributed by atoms with Gasteiger partial charge in [0.15, 0.2) is 0 Å². The zero-order chi connectivity index (χ0) is 14.5. The maximum atomic E-state index is 11.2. The van der Waals surface area contributed by atoms with Crippen LogP contribution in [0.4, 0.5) is 11.8 Å². The molecule has 0 aliphatic carbocycles. The second-order valence-corrected chi connectivity index (χ2v) is 7.49. The van der Waals surface area contributed by atoms with Crippen LogP contribution in [0.5, 0.6) is 0 Å². The summed E-state index contributed by atoms with van der Waals surface area (Å²) < 4.78 is 23.2. The molecule has 1 heterocycles. The lowest BCUT2D eigenvalue weighted by molar-refractivity contribution is 0.598. The lowest BCUT2D eigenvalue weighted by Gasteiger charge is -2.15. The molecule has 0 amide bonds. The highest BCUT2D eigenvalue weighted by atomic mass is 79.9. The standard InChI is InChI=1S/C11H19BrN4O2S/c1-4-5-13-11-14-6-9(12)10(16-11)15-8(2)7-19(3,17)18/h6,8H,4-5,7H2,1-3H3,(H2,13,14,15,16). The molecule has 0 spiro atoms. The molecule has 8 heteroatoms. The van der Waals surface area contributed by atoms with E-state index in [1.54, 1.807) is 13.1 Å². The van der Waals surface area contributed by atoms with Crippen LogP contribution in [0.25, 0.3) is 0 Å². The van der Waals surface area contributed by atoms with Crippen molar-refractivity contribution >= 4 is 37.5 Å². The summed E-state index contributed by atoms with van der Waals surface area (Å²) in [5.74, 6) is 1.17. The highest BCUT2D eigenvalue weighted by Gasteiger charge is 2.13. The third kappa shape index (κ3) is 6.20. The van der Waals surface area contributed by atoms with Crippen molar-refractivity contribution < 1.29 is 8.42 Å². The molecule has 1 atom stereocenters. The summed E-state index contributed by atoms with van der Waals surface area (Å²) in [5, 5.41) is 6.15. The number of nitrogens with zero attached hydrogens (tertiary/aromatic N) is 2. The predicted molar refractivity (Wildman–Crippen MR) is 81.3 cm³/mol. The van der Waals surface area contributed by atoms with Gasteiger partial charge in [0.2, 0.25) is 5.95 Å². The third-order valence-corrected chi connectivity index (χ3v) is 3.90. The Bertz CT molecular complexity index is 521. The fraction of sp³-hybridized carbons (Fsp3) is 0.636. The molecule has 6 nitrogen and oxygen atoms in total. The fourth-order valence-electron chi connectivity index (χ4n) is 1.52. The topological polar surface area (TPSA) is 84.0 Å². The maximum absolute atomic E-state index is 11.2. The van der Waals surface area contributed by atoms with Gasteiger partial charge in [0.1, 0.15) is 15.7 Å². The first-order valence-electron chi connectivity index (χ1n) is 6.02. The van der Waals surface area contributed by atoms with E-state index in [9.17, 15) is 8.42 Å². The van der Waals surface area contributed by atoms with Crippen LogP contribution in [0.3, 0.4) is 0 Å². The summed E-state index contributed by atoms with van der Waals surface area (Å²) in [5.41, 5.74) is 0. The molecule has 0 bridgehead atoms.